The fourth-order valence-electron chi connectivity index (χ4n) is 2.16. The van der Waals surface area contributed by atoms with Gasteiger partial charge in [0.15, 0.2) is 0 Å². The molecule has 136 valence electrons. The van der Waals surface area contributed by atoms with Gasteiger partial charge in [-0.1, -0.05) is 12.1 Å². The van der Waals surface area contributed by atoms with Crippen LogP contribution in [0.25, 0.3) is 0 Å². The van der Waals surface area contributed by atoms with Crippen molar-refractivity contribution in [3.05, 3.63) is 42.7 Å². The lowest BCUT2D eigenvalue weighted by atomic mass is 10.1. The largest absolute Gasteiger partial charge is 0.398 e. The van der Waals surface area contributed by atoms with Gasteiger partial charge in [0, 0.05) is 32.0 Å². The number of aromatic nitrogens is 2. The van der Waals surface area contributed by atoms with Crippen molar-refractivity contribution in [1.82, 2.24) is 15.3 Å². The predicted molar refractivity (Wildman–Crippen MR) is 96.6 cm³/mol. The van der Waals surface area contributed by atoms with Crippen LogP contribution in [-0.2, 0) is 10.0 Å². The standard InChI is InChI=1S/C16H23N5O3S/c1-16(2,22)12-18-10-11-21(15-19-8-5-9-20-15)25(23,24)14-7-4-3-6-13(14)17/h3-9,18,22H,10-12,17H2,1-2H3. The van der Waals surface area contributed by atoms with Gasteiger partial charge < -0.3 is 16.2 Å². The molecule has 0 unspecified atom stereocenters. The van der Waals surface area contributed by atoms with E-state index in [1.165, 1.54) is 24.5 Å². The molecule has 9 heteroatoms. The predicted octanol–water partition coefficient (Wildman–Crippen LogP) is 0.615. The Balaban J connectivity index is 2.28. The lowest BCUT2D eigenvalue weighted by Gasteiger charge is -2.24. The molecule has 25 heavy (non-hydrogen) atoms. The highest BCUT2D eigenvalue weighted by molar-refractivity contribution is 7.93. The minimum atomic E-state index is -3.92. The third-order valence-electron chi connectivity index (χ3n) is 3.31. The van der Waals surface area contributed by atoms with Gasteiger partial charge in [0.1, 0.15) is 4.90 Å². The highest BCUT2D eigenvalue weighted by Gasteiger charge is 2.28. The van der Waals surface area contributed by atoms with E-state index in [-0.39, 0.29) is 23.1 Å². The smallest absolute Gasteiger partial charge is 0.268 e. The number of aliphatic hydroxyl groups is 1. The first kappa shape index (κ1) is 19.1. The lowest BCUT2D eigenvalue weighted by molar-refractivity contribution is 0.0803. The number of hydrogen-bond donors (Lipinski definition) is 3. The number of sulfonamides is 1. The molecular formula is C16H23N5O3S. The van der Waals surface area contributed by atoms with E-state index in [1.54, 1.807) is 32.0 Å². The molecule has 0 aliphatic rings. The molecule has 0 fully saturated rings. The quantitative estimate of drug-likeness (QED) is 0.463. The normalized spacial score (nSPS) is 12.1. The maximum atomic E-state index is 13.0. The number of nitrogens with one attached hydrogen (secondary N) is 1. The average molecular weight is 365 g/mol. The molecule has 1 heterocycles. The molecule has 0 saturated carbocycles. The molecule has 0 bridgehead atoms. The van der Waals surface area contributed by atoms with Crippen molar-refractivity contribution in [2.45, 2.75) is 24.3 Å². The number of hydrogen-bond acceptors (Lipinski definition) is 7. The molecule has 2 rings (SSSR count). The summed E-state index contributed by atoms with van der Waals surface area (Å²) in [5, 5.41) is 12.8. The van der Waals surface area contributed by atoms with Crippen molar-refractivity contribution < 1.29 is 13.5 Å². The molecule has 0 spiro atoms. The Bertz CT molecular complexity index is 791. The van der Waals surface area contributed by atoms with Crippen LogP contribution in [0.4, 0.5) is 11.6 Å². The molecule has 8 nitrogen and oxygen atoms in total. The summed E-state index contributed by atoms with van der Waals surface area (Å²) in [6.07, 6.45) is 2.95. The second-order valence-electron chi connectivity index (χ2n) is 6.15. The number of nitrogens with zero attached hydrogens (tertiary/aromatic N) is 3. The van der Waals surface area contributed by atoms with Crippen molar-refractivity contribution in [3.8, 4) is 0 Å². The minimum absolute atomic E-state index is 0.00458. The Morgan fingerprint density at radius 2 is 1.84 bits per heavy atom. The molecular weight excluding hydrogens is 342 g/mol. The minimum Gasteiger partial charge on any atom is -0.398 e. The summed E-state index contributed by atoms with van der Waals surface area (Å²) in [5.74, 6) is 0.0656. The molecule has 0 amide bonds. The van der Waals surface area contributed by atoms with Gasteiger partial charge in [-0.25, -0.2) is 22.7 Å². The van der Waals surface area contributed by atoms with Crippen molar-refractivity contribution in [1.29, 1.82) is 0 Å². The lowest BCUT2D eigenvalue weighted by Crippen LogP contribution is -2.42. The maximum absolute atomic E-state index is 13.0. The summed E-state index contributed by atoms with van der Waals surface area (Å²) in [6.45, 7) is 4.06. The number of nitrogens with two attached hydrogens (primary N) is 1. The van der Waals surface area contributed by atoms with Gasteiger partial charge in [-0.2, -0.15) is 0 Å². The van der Waals surface area contributed by atoms with Crippen LogP contribution in [0.15, 0.2) is 47.6 Å². The second kappa shape index (κ2) is 7.77. The van der Waals surface area contributed by atoms with Crippen LogP contribution in [0, 0.1) is 0 Å². The molecule has 0 saturated heterocycles. The Hall–Kier alpha value is -2.23. The van der Waals surface area contributed by atoms with Gasteiger partial charge >= 0.3 is 0 Å². The van der Waals surface area contributed by atoms with Gasteiger partial charge in [-0.05, 0) is 32.0 Å². The zero-order valence-corrected chi connectivity index (χ0v) is 15.1. The van der Waals surface area contributed by atoms with E-state index in [9.17, 15) is 13.5 Å². The van der Waals surface area contributed by atoms with Crippen LogP contribution >= 0.6 is 0 Å². The summed E-state index contributed by atoms with van der Waals surface area (Å²) in [6, 6.07) is 7.87. The van der Waals surface area contributed by atoms with Crippen molar-refractivity contribution >= 4 is 21.7 Å². The highest BCUT2D eigenvalue weighted by atomic mass is 32.2. The Morgan fingerprint density at radius 1 is 1.20 bits per heavy atom. The molecule has 4 N–H and O–H groups in total. The summed E-state index contributed by atoms with van der Waals surface area (Å²) >= 11 is 0. The van der Waals surface area contributed by atoms with E-state index in [0.29, 0.717) is 13.1 Å². The van der Waals surface area contributed by atoms with Gasteiger partial charge in [0.25, 0.3) is 10.0 Å². The zero-order valence-electron chi connectivity index (χ0n) is 14.3. The van der Waals surface area contributed by atoms with Crippen LogP contribution in [-0.4, -0.2) is 48.7 Å². The first-order chi connectivity index (χ1) is 11.7. The zero-order chi connectivity index (χ0) is 18.5. The molecule has 0 radical (unpaired) electrons. The summed E-state index contributed by atoms with van der Waals surface area (Å²) in [7, 11) is -3.92. The summed E-state index contributed by atoms with van der Waals surface area (Å²) in [4.78, 5) is 8.10. The van der Waals surface area contributed by atoms with Gasteiger partial charge in [0.2, 0.25) is 5.95 Å². The second-order valence-corrected chi connectivity index (χ2v) is 7.98. The van der Waals surface area contributed by atoms with Gasteiger partial charge in [0.05, 0.1) is 11.3 Å². The first-order valence-electron chi connectivity index (χ1n) is 7.79. The number of anilines is 2. The van der Waals surface area contributed by atoms with Crippen LogP contribution in [0.1, 0.15) is 13.8 Å². The van der Waals surface area contributed by atoms with Gasteiger partial charge in [-0.15, -0.1) is 0 Å². The Morgan fingerprint density at radius 3 is 2.44 bits per heavy atom. The van der Waals surface area contributed by atoms with Crippen molar-refractivity contribution in [2.75, 3.05) is 29.7 Å². The van der Waals surface area contributed by atoms with E-state index >= 15 is 0 Å². The third-order valence-corrected chi connectivity index (χ3v) is 5.17. The SMILES string of the molecule is CC(C)(O)CNCCN(c1ncccn1)S(=O)(=O)c1ccccc1N. The molecule has 0 aliphatic carbocycles. The maximum Gasteiger partial charge on any atom is 0.268 e. The van der Waals surface area contributed by atoms with Crippen LogP contribution in [0.3, 0.4) is 0 Å². The van der Waals surface area contributed by atoms with E-state index in [0.717, 1.165) is 4.31 Å². The van der Waals surface area contributed by atoms with E-state index < -0.39 is 15.6 Å². The molecule has 1 aromatic heterocycles. The number of para-hydroxylation sites is 1. The van der Waals surface area contributed by atoms with Crippen molar-refractivity contribution in [2.24, 2.45) is 0 Å². The summed E-state index contributed by atoms with van der Waals surface area (Å²) < 4.78 is 27.2. The topological polar surface area (TPSA) is 121 Å². The van der Waals surface area contributed by atoms with Crippen LogP contribution in [0.5, 0.6) is 0 Å². The number of nitrogen functional groups attached to an aromatic ring is 1. The fourth-order valence-corrected chi connectivity index (χ4v) is 3.65. The molecule has 2 aromatic rings. The van der Waals surface area contributed by atoms with Crippen LogP contribution < -0.4 is 15.4 Å². The number of rotatable bonds is 8. The third kappa shape index (κ3) is 5.12. The van der Waals surface area contributed by atoms with E-state index in [4.69, 9.17) is 5.73 Å². The molecule has 1 aromatic carbocycles. The van der Waals surface area contributed by atoms with Crippen LogP contribution in [0.2, 0.25) is 0 Å². The Kier molecular flexibility index (Phi) is 5.93. The fraction of sp³-hybridized carbons (Fsp3) is 0.375. The van der Waals surface area contributed by atoms with E-state index in [1.807, 2.05) is 0 Å². The average Bonchev–Trinajstić information content (AvgIpc) is 2.54. The molecule has 0 atom stereocenters. The van der Waals surface area contributed by atoms with Crippen molar-refractivity contribution in [3.63, 3.8) is 0 Å². The monoisotopic (exact) mass is 365 g/mol. The van der Waals surface area contributed by atoms with E-state index in [2.05, 4.69) is 15.3 Å². The summed E-state index contributed by atoms with van der Waals surface area (Å²) in [5.41, 5.74) is 5.11. The first-order valence-corrected chi connectivity index (χ1v) is 9.23. The highest BCUT2D eigenvalue weighted by Crippen LogP contribution is 2.24. The Labute approximate surface area is 147 Å². The van der Waals surface area contributed by atoms with Gasteiger partial charge in [-0.3, -0.25) is 0 Å². The number of benzene rings is 1. The molecule has 0 aliphatic heterocycles.